The van der Waals surface area contributed by atoms with Crippen molar-refractivity contribution in [3.05, 3.63) is 96.1 Å². The third-order valence-corrected chi connectivity index (χ3v) is 8.45. The monoisotopic (exact) mass is 486 g/mol. The molecule has 3 aromatic rings. The van der Waals surface area contributed by atoms with E-state index in [-0.39, 0.29) is 24.4 Å². The fraction of sp³-hybridized carbons (Fsp3) is 0.214. The first-order valence-electron chi connectivity index (χ1n) is 11.7. The summed E-state index contributed by atoms with van der Waals surface area (Å²) in [6, 6.07) is 20.8. The molecule has 3 aromatic carbocycles. The molecule has 2 aliphatic rings. The predicted molar refractivity (Wildman–Crippen MR) is 137 cm³/mol. The Bertz CT molecular complexity index is 1450. The molecule has 5 rings (SSSR count). The van der Waals surface area contributed by atoms with Gasteiger partial charge in [-0.1, -0.05) is 48.5 Å². The fourth-order valence-corrected chi connectivity index (χ4v) is 5.97. The van der Waals surface area contributed by atoms with Crippen LogP contribution in [0.15, 0.2) is 95.4 Å². The van der Waals surface area contributed by atoms with E-state index in [0.717, 1.165) is 22.0 Å². The van der Waals surface area contributed by atoms with E-state index in [9.17, 15) is 18.0 Å². The van der Waals surface area contributed by atoms with Crippen LogP contribution < -0.4 is 4.90 Å². The van der Waals surface area contributed by atoms with E-state index in [0.29, 0.717) is 36.6 Å². The normalized spacial score (nSPS) is 17.0. The van der Waals surface area contributed by atoms with E-state index in [2.05, 4.69) is 4.90 Å². The molecule has 1 heterocycles. The lowest BCUT2D eigenvalue weighted by molar-refractivity contribution is -0.114. The molecular formula is C28H26N2O4S. The second-order valence-corrected chi connectivity index (χ2v) is 10.8. The van der Waals surface area contributed by atoms with Crippen LogP contribution in [0.3, 0.4) is 0 Å². The van der Waals surface area contributed by atoms with Gasteiger partial charge in [0.2, 0.25) is 10.0 Å². The van der Waals surface area contributed by atoms with Crippen molar-refractivity contribution in [3.63, 3.8) is 0 Å². The molecule has 0 N–H and O–H groups in total. The Hall–Kier alpha value is -3.55. The highest BCUT2D eigenvalue weighted by atomic mass is 32.2. The minimum absolute atomic E-state index is 0.00554. The lowest BCUT2D eigenvalue weighted by atomic mass is 9.98. The summed E-state index contributed by atoms with van der Waals surface area (Å²) in [7, 11) is -3.56. The second kappa shape index (κ2) is 9.60. The first-order valence-corrected chi connectivity index (χ1v) is 13.1. The third-order valence-electron chi connectivity index (χ3n) is 6.56. The Morgan fingerprint density at radius 1 is 0.829 bits per heavy atom. The first kappa shape index (κ1) is 23.2. The molecule has 0 saturated carbocycles. The van der Waals surface area contributed by atoms with Gasteiger partial charge in [-0.05, 0) is 52.8 Å². The topological polar surface area (TPSA) is 74.8 Å². The quantitative estimate of drug-likeness (QED) is 0.528. The molecular weight excluding hydrogens is 460 g/mol. The summed E-state index contributed by atoms with van der Waals surface area (Å²) < 4.78 is 28.0. The van der Waals surface area contributed by atoms with Gasteiger partial charge in [-0.25, -0.2) is 8.42 Å². The van der Waals surface area contributed by atoms with E-state index >= 15 is 0 Å². The zero-order valence-corrected chi connectivity index (χ0v) is 20.1. The van der Waals surface area contributed by atoms with Crippen LogP contribution >= 0.6 is 0 Å². The van der Waals surface area contributed by atoms with Crippen LogP contribution in [0.4, 0.5) is 5.69 Å². The Labute approximate surface area is 205 Å². The van der Waals surface area contributed by atoms with E-state index in [1.54, 1.807) is 28.6 Å². The van der Waals surface area contributed by atoms with Gasteiger partial charge in [-0.15, -0.1) is 0 Å². The van der Waals surface area contributed by atoms with Gasteiger partial charge in [0, 0.05) is 50.3 Å². The smallest absolute Gasteiger partial charge is 0.243 e. The van der Waals surface area contributed by atoms with E-state index in [1.807, 2.05) is 54.6 Å². The maximum atomic E-state index is 13.2. The predicted octanol–water partition coefficient (Wildman–Crippen LogP) is 3.92. The Morgan fingerprint density at radius 2 is 1.54 bits per heavy atom. The highest BCUT2D eigenvalue weighted by Crippen LogP contribution is 2.25. The van der Waals surface area contributed by atoms with Crippen molar-refractivity contribution in [2.75, 3.05) is 31.1 Å². The number of ketones is 2. The molecule has 0 amide bonds. The fourth-order valence-electron chi connectivity index (χ4n) is 4.51. The number of fused-ring (bicyclic) bond motifs is 1. The number of anilines is 1. The van der Waals surface area contributed by atoms with E-state index < -0.39 is 10.0 Å². The maximum Gasteiger partial charge on any atom is 0.243 e. The molecule has 0 aromatic heterocycles. The van der Waals surface area contributed by atoms with E-state index in [1.165, 1.54) is 6.08 Å². The van der Waals surface area contributed by atoms with Crippen molar-refractivity contribution in [2.24, 2.45) is 0 Å². The highest BCUT2D eigenvalue weighted by Gasteiger charge is 2.28. The Kier molecular flexibility index (Phi) is 6.36. The number of carbonyl (C=O) groups excluding carboxylic acids is 2. The summed E-state index contributed by atoms with van der Waals surface area (Å²) in [5, 5.41) is 1.93. The SMILES string of the molecule is O=C1C=CC(C(=O)Cc2ccc(N3CCN(S(=O)(=O)c4ccc5ccccc5c4)CC3)cc2)=CC1. The average molecular weight is 487 g/mol. The van der Waals surface area contributed by atoms with Gasteiger partial charge in [0.05, 0.1) is 4.90 Å². The zero-order chi connectivity index (χ0) is 24.4. The number of Topliss-reactive ketones (excluding diaryl/α,β-unsaturated/α-hetero) is 1. The number of sulfonamides is 1. The van der Waals surface area contributed by atoms with Crippen LogP contribution in [-0.4, -0.2) is 50.5 Å². The van der Waals surface area contributed by atoms with Crippen LogP contribution in [0.25, 0.3) is 10.8 Å². The van der Waals surface area contributed by atoms with Crippen LogP contribution in [0.5, 0.6) is 0 Å². The number of benzene rings is 3. The lowest BCUT2D eigenvalue weighted by Crippen LogP contribution is -2.48. The summed E-state index contributed by atoms with van der Waals surface area (Å²) in [5.74, 6) is 0.00470. The van der Waals surface area contributed by atoms with Gasteiger partial charge in [0.1, 0.15) is 0 Å². The van der Waals surface area contributed by atoms with E-state index in [4.69, 9.17) is 0 Å². The number of hydrogen-bond acceptors (Lipinski definition) is 5. The molecule has 7 heteroatoms. The van der Waals surface area contributed by atoms with Crippen molar-refractivity contribution in [2.45, 2.75) is 17.7 Å². The molecule has 0 radical (unpaired) electrons. The molecule has 1 fully saturated rings. The van der Waals surface area contributed by atoms with Gasteiger partial charge in [-0.3, -0.25) is 9.59 Å². The van der Waals surface area contributed by atoms with Crippen molar-refractivity contribution < 1.29 is 18.0 Å². The Balaban J connectivity index is 1.21. The number of nitrogens with zero attached hydrogens (tertiary/aromatic N) is 2. The highest BCUT2D eigenvalue weighted by molar-refractivity contribution is 7.89. The molecule has 1 saturated heterocycles. The number of rotatable bonds is 6. The summed E-state index contributed by atoms with van der Waals surface area (Å²) >= 11 is 0. The third kappa shape index (κ3) is 4.97. The standard InChI is InChI=1S/C28H26N2O4S/c31-26-12-7-23(8-13-26)28(32)19-21-5-10-25(11-6-21)29-15-17-30(18-16-29)35(33,34)27-14-9-22-3-1-2-4-24(22)20-27/h1-12,14,20H,13,15-19H2. The lowest BCUT2D eigenvalue weighted by Gasteiger charge is -2.35. The Morgan fingerprint density at radius 3 is 2.23 bits per heavy atom. The minimum Gasteiger partial charge on any atom is -0.369 e. The number of piperazine rings is 1. The van der Waals surface area contributed by atoms with Gasteiger partial charge in [0.25, 0.3) is 0 Å². The molecule has 1 aliphatic heterocycles. The summed E-state index contributed by atoms with van der Waals surface area (Å²) in [5.41, 5.74) is 2.49. The molecule has 0 bridgehead atoms. The molecule has 35 heavy (non-hydrogen) atoms. The van der Waals surface area contributed by atoms with Crippen molar-refractivity contribution in [1.29, 1.82) is 0 Å². The summed E-state index contributed by atoms with van der Waals surface area (Å²) in [6.07, 6.45) is 5.29. The largest absolute Gasteiger partial charge is 0.369 e. The van der Waals surface area contributed by atoms with Crippen molar-refractivity contribution >= 4 is 38.0 Å². The minimum atomic E-state index is -3.56. The number of allylic oxidation sites excluding steroid dienone is 4. The average Bonchev–Trinajstić information content (AvgIpc) is 2.89. The molecule has 6 nitrogen and oxygen atoms in total. The molecule has 178 valence electrons. The summed E-state index contributed by atoms with van der Waals surface area (Å²) in [4.78, 5) is 26.3. The molecule has 0 unspecified atom stereocenters. The zero-order valence-electron chi connectivity index (χ0n) is 19.3. The second-order valence-electron chi connectivity index (χ2n) is 8.83. The van der Waals surface area contributed by atoms with Gasteiger partial charge >= 0.3 is 0 Å². The van der Waals surface area contributed by atoms with Crippen LogP contribution in [0, 0.1) is 0 Å². The van der Waals surface area contributed by atoms with Crippen molar-refractivity contribution in [3.8, 4) is 0 Å². The van der Waals surface area contributed by atoms with Crippen molar-refractivity contribution in [1.82, 2.24) is 4.31 Å². The van der Waals surface area contributed by atoms with Crippen LogP contribution in [-0.2, 0) is 26.0 Å². The van der Waals surface area contributed by atoms with Gasteiger partial charge in [-0.2, -0.15) is 4.31 Å². The van der Waals surface area contributed by atoms with Gasteiger partial charge < -0.3 is 4.90 Å². The van der Waals surface area contributed by atoms with Gasteiger partial charge in [0.15, 0.2) is 11.6 Å². The van der Waals surface area contributed by atoms with Crippen LogP contribution in [0.2, 0.25) is 0 Å². The van der Waals surface area contributed by atoms with Crippen LogP contribution in [0.1, 0.15) is 12.0 Å². The maximum absolute atomic E-state index is 13.2. The first-order chi connectivity index (χ1) is 16.9. The number of hydrogen-bond donors (Lipinski definition) is 0. The number of carbonyl (C=O) groups is 2. The molecule has 0 spiro atoms. The summed E-state index contributed by atoms with van der Waals surface area (Å²) in [6.45, 7) is 2.01. The molecule has 1 aliphatic carbocycles. The molecule has 0 atom stereocenters.